The van der Waals surface area contributed by atoms with Crippen molar-refractivity contribution in [3.05, 3.63) is 41.3 Å². The van der Waals surface area contributed by atoms with Gasteiger partial charge in [0, 0.05) is 17.4 Å². The van der Waals surface area contributed by atoms with Gasteiger partial charge in [0.15, 0.2) is 0 Å². The molecule has 118 valence electrons. The number of hydrogen-bond acceptors (Lipinski definition) is 5. The quantitative estimate of drug-likeness (QED) is 0.882. The van der Waals surface area contributed by atoms with Crippen molar-refractivity contribution < 1.29 is 18.4 Å². The second-order valence-electron chi connectivity index (χ2n) is 4.73. The lowest BCUT2D eigenvalue weighted by atomic mass is 10.2. The summed E-state index contributed by atoms with van der Waals surface area (Å²) in [4.78, 5) is 12.0. The molecule has 2 aromatic rings. The number of ether oxygens (including phenoxy) is 1. The van der Waals surface area contributed by atoms with Crippen molar-refractivity contribution in [3.63, 3.8) is 0 Å². The average Bonchev–Trinajstić information content (AvgIpc) is 2.90. The Morgan fingerprint density at radius 3 is 2.91 bits per heavy atom. The number of hydrogen-bond donors (Lipinski definition) is 1. The summed E-state index contributed by atoms with van der Waals surface area (Å²) in [7, 11) is 1.53. The third kappa shape index (κ3) is 4.24. The highest BCUT2D eigenvalue weighted by Gasteiger charge is 2.16. The highest BCUT2D eigenvalue weighted by atomic mass is 32.2. The summed E-state index contributed by atoms with van der Waals surface area (Å²) in [5.41, 5.74) is 1.41. The number of nitrogens with zero attached hydrogens (tertiary/aromatic N) is 1. The monoisotopic (exact) mass is 324 g/mol. The van der Waals surface area contributed by atoms with Crippen molar-refractivity contribution in [2.75, 3.05) is 12.4 Å². The van der Waals surface area contributed by atoms with E-state index in [-0.39, 0.29) is 17.0 Å². The Labute approximate surface area is 132 Å². The van der Waals surface area contributed by atoms with Gasteiger partial charge in [-0.1, -0.05) is 5.16 Å². The molecule has 0 bridgehead atoms. The third-order valence-corrected chi connectivity index (χ3v) is 4.17. The molecule has 0 aliphatic rings. The fourth-order valence-electron chi connectivity index (χ4n) is 1.80. The zero-order valence-electron chi connectivity index (χ0n) is 12.6. The van der Waals surface area contributed by atoms with Crippen LogP contribution in [0.2, 0.25) is 0 Å². The number of carbonyl (C=O) groups is 1. The van der Waals surface area contributed by atoms with Crippen molar-refractivity contribution in [2.24, 2.45) is 0 Å². The minimum atomic E-state index is -0.335. The molecule has 1 amide bonds. The molecule has 2 rings (SSSR count). The standard InChI is InChI=1S/C15H17FN2O3S/c1-9-6-14(21-18-9)17-15(19)10(2)22-8-11-7-12(16)4-5-13(11)20-3/h4-7,10H,8H2,1-3H3,(H,17,19)/t10-/m1/s1. The van der Waals surface area contributed by atoms with Crippen LogP contribution in [-0.2, 0) is 10.5 Å². The predicted octanol–water partition coefficient (Wildman–Crippen LogP) is 3.39. The zero-order valence-corrected chi connectivity index (χ0v) is 13.4. The second kappa shape index (κ2) is 7.31. The Morgan fingerprint density at radius 2 is 2.27 bits per heavy atom. The molecule has 7 heteroatoms. The molecule has 22 heavy (non-hydrogen) atoms. The zero-order chi connectivity index (χ0) is 16.1. The van der Waals surface area contributed by atoms with Crippen LogP contribution in [0, 0.1) is 12.7 Å². The fourth-order valence-corrected chi connectivity index (χ4v) is 2.66. The number of carbonyl (C=O) groups excluding carboxylic acids is 1. The van der Waals surface area contributed by atoms with Crippen molar-refractivity contribution in [1.29, 1.82) is 0 Å². The number of aromatic nitrogens is 1. The summed E-state index contributed by atoms with van der Waals surface area (Å²) < 4.78 is 23.4. The van der Waals surface area contributed by atoms with Crippen molar-refractivity contribution in [2.45, 2.75) is 24.9 Å². The first kappa shape index (κ1) is 16.4. The second-order valence-corrected chi connectivity index (χ2v) is 6.06. The first-order valence-electron chi connectivity index (χ1n) is 6.68. The van der Waals surface area contributed by atoms with E-state index in [0.29, 0.717) is 28.6 Å². The van der Waals surface area contributed by atoms with Gasteiger partial charge >= 0.3 is 0 Å². The number of anilines is 1. The molecule has 5 nitrogen and oxygen atoms in total. The Hall–Kier alpha value is -2.02. The van der Waals surface area contributed by atoms with E-state index < -0.39 is 0 Å². The van der Waals surface area contributed by atoms with Gasteiger partial charge in [-0.25, -0.2) is 4.39 Å². The first-order chi connectivity index (χ1) is 10.5. The van der Waals surface area contributed by atoms with Crippen molar-refractivity contribution >= 4 is 23.6 Å². The lowest BCUT2D eigenvalue weighted by molar-refractivity contribution is -0.115. The van der Waals surface area contributed by atoms with Crippen molar-refractivity contribution in [3.8, 4) is 5.75 Å². The van der Waals surface area contributed by atoms with E-state index in [1.807, 2.05) is 0 Å². The largest absolute Gasteiger partial charge is 0.496 e. The van der Waals surface area contributed by atoms with Gasteiger partial charge in [-0.05, 0) is 32.0 Å². The van der Waals surface area contributed by atoms with E-state index in [9.17, 15) is 9.18 Å². The maximum Gasteiger partial charge on any atom is 0.239 e. The molecule has 1 aromatic heterocycles. The number of benzene rings is 1. The summed E-state index contributed by atoms with van der Waals surface area (Å²) in [5.74, 6) is 0.859. The summed E-state index contributed by atoms with van der Waals surface area (Å²) in [6, 6.07) is 5.98. The average molecular weight is 324 g/mol. The number of rotatable bonds is 6. The Kier molecular flexibility index (Phi) is 5.43. The van der Waals surface area contributed by atoms with Crippen LogP contribution in [-0.4, -0.2) is 23.4 Å². The normalized spacial score (nSPS) is 12.0. The van der Waals surface area contributed by atoms with Crippen LogP contribution in [0.5, 0.6) is 5.75 Å². The minimum absolute atomic E-state index is 0.198. The summed E-state index contributed by atoms with van der Waals surface area (Å²) in [5, 5.41) is 6.01. The molecule has 1 atom stereocenters. The first-order valence-corrected chi connectivity index (χ1v) is 7.72. The van der Waals surface area contributed by atoms with Crippen LogP contribution in [0.15, 0.2) is 28.8 Å². The summed E-state index contributed by atoms with van der Waals surface area (Å²) in [6.07, 6.45) is 0. The molecule has 0 aliphatic heterocycles. The summed E-state index contributed by atoms with van der Waals surface area (Å²) in [6.45, 7) is 3.54. The number of halogens is 1. The lowest BCUT2D eigenvalue weighted by Gasteiger charge is -2.12. The Morgan fingerprint density at radius 1 is 1.50 bits per heavy atom. The molecule has 1 heterocycles. The van der Waals surface area contributed by atoms with Crippen LogP contribution in [0.3, 0.4) is 0 Å². The van der Waals surface area contributed by atoms with Gasteiger partial charge in [0.1, 0.15) is 11.6 Å². The molecule has 0 fully saturated rings. The van der Waals surface area contributed by atoms with E-state index in [2.05, 4.69) is 10.5 Å². The van der Waals surface area contributed by atoms with E-state index in [0.717, 1.165) is 0 Å². The van der Waals surface area contributed by atoms with E-state index in [1.54, 1.807) is 26.0 Å². The highest BCUT2D eigenvalue weighted by molar-refractivity contribution is 7.99. The van der Waals surface area contributed by atoms with Gasteiger partial charge in [-0.3, -0.25) is 10.1 Å². The fraction of sp³-hybridized carbons (Fsp3) is 0.333. The maximum atomic E-state index is 13.3. The van der Waals surface area contributed by atoms with Gasteiger partial charge in [-0.15, -0.1) is 11.8 Å². The number of methoxy groups -OCH3 is 1. The molecule has 1 aromatic carbocycles. The molecule has 0 aliphatic carbocycles. The van der Waals surface area contributed by atoms with Crippen LogP contribution in [0.25, 0.3) is 0 Å². The van der Waals surface area contributed by atoms with Gasteiger partial charge < -0.3 is 9.26 Å². The van der Waals surface area contributed by atoms with Gasteiger partial charge in [0.25, 0.3) is 0 Å². The third-order valence-electron chi connectivity index (χ3n) is 2.97. The van der Waals surface area contributed by atoms with Crippen LogP contribution < -0.4 is 10.1 Å². The number of nitrogens with one attached hydrogen (secondary N) is 1. The molecule has 0 spiro atoms. The van der Waals surface area contributed by atoms with Gasteiger partial charge in [0.05, 0.1) is 18.1 Å². The molecule has 0 saturated heterocycles. The van der Waals surface area contributed by atoms with Gasteiger partial charge in [0.2, 0.25) is 11.8 Å². The predicted molar refractivity (Wildman–Crippen MR) is 83.6 cm³/mol. The molecule has 0 unspecified atom stereocenters. The van der Waals surface area contributed by atoms with Crippen LogP contribution in [0.4, 0.5) is 10.3 Å². The summed E-state index contributed by atoms with van der Waals surface area (Å²) >= 11 is 1.38. The molecule has 0 radical (unpaired) electrons. The van der Waals surface area contributed by atoms with Crippen LogP contribution in [0.1, 0.15) is 18.2 Å². The van der Waals surface area contributed by atoms with Crippen molar-refractivity contribution in [1.82, 2.24) is 5.16 Å². The number of aryl methyl sites for hydroxylation is 1. The molecule has 1 N–H and O–H groups in total. The number of amides is 1. The smallest absolute Gasteiger partial charge is 0.239 e. The minimum Gasteiger partial charge on any atom is -0.496 e. The maximum absolute atomic E-state index is 13.3. The number of thioether (sulfide) groups is 1. The topological polar surface area (TPSA) is 64.4 Å². The van der Waals surface area contributed by atoms with Gasteiger partial charge in [-0.2, -0.15) is 0 Å². The SMILES string of the molecule is COc1ccc(F)cc1CS[C@H](C)C(=O)Nc1cc(C)no1. The highest BCUT2D eigenvalue weighted by Crippen LogP contribution is 2.26. The molecular weight excluding hydrogens is 307 g/mol. The lowest BCUT2D eigenvalue weighted by Crippen LogP contribution is -2.22. The van der Waals surface area contributed by atoms with Crippen LogP contribution >= 0.6 is 11.8 Å². The molecular formula is C15H17FN2O3S. The Bertz CT molecular complexity index is 660. The molecule has 0 saturated carbocycles. The van der Waals surface area contributed by atoms with E-state index in [1.165, 1.54) is 31.0 Å². The Balaban J connectivity index is 1.93. The van der Waals surface area contributed by atoms with E-state index in [4.69, 9.17) is 9.26 Å². The van der Waals surface area contributed by atoms with E-state index >= 15 is 0 Å².